The highest BCUT2D eigenvalue weighted by molar-refractivity contribution is 6.11. The third-order valence-electron chi connectivity index (χ3n) is 11.7. The van der Waals surface area contributed by atoms with Gasteiger partial charge in [0.2, 0.25) is 0 Å². The molecule has 0 aliphatic carbocycles. The highest BCUT2D eigenvalue weighted by Gasteiger charge is 2.31. The molecule has 6 nitrogen and oxygen atoms in total. The summed E-state index contributed by atoms with van der Waals surface area (Å²) in [5.41, 5.74) is 10.1. The second kappa shape index (κ2) is 16.5. The molecule has 0 fully saturated rings. The molecule has 0 bridgehead atoms. The number of hydrogen-bond donors (Lipinski definition) is 0. The molecular formula is C57H37F3N6. The summed E-state index contributed by atoms with van der Waals surface area (Å²) >= 11 is 0. The first-order chi connectivity index (χ1) is 32.2. The van der Waals surface area contributed by atoms with E-state index in [0.717, 1.165) is 66.7 Å². The Bertz CT molecular complexity index is 3460. The van der Waals surface area contributed by atoms with Gasteiger partial charge in [-0.15, -0.1) is 0 Å². The summed E-state index contributed by atoms with van der Waals surface area (Å²) in [6.07, 6.45) is -4.48. The van der Waals surface area contributed by atoms with E-state index in [1.807, 2.05) is 176 Å². The Hall–Kier alpha value is -8.56. The van der Waals surface area contributed by atoms with Gasteiger partial charge in [-0.2, -0.15) is 13.2 Å². The van der Waals surface area contributed by atoms with Crippen LogP contribution in [-0.4, -0.2) is 29.5 Å². The molecular weight excluding hydrogens is 826 g/mol. The zero-order valence-electron chi connectivity index (χ0n) is 35.4. The van der Waals surface area contributed by atoms with Gasteiger partial charge in [0.15, 0.2) is 23.3 Å². The molecule has 11 rings (SSSR count). The van der Waals surface area contributed by atoms with Crippen LogP contribution in [0.1, 0.15) is 11.1 Å². The minimum Gasteiger partial charge on any atom is -0.309 e. The molecule has 66 heavy (non-hydrogen) atoms. The summed E-state index contributed by atoms with van der Waals surface area (Å²) in [7, 11) is 0. The lowest BCUT2D eigenvalue weighted by Gasteiger charge is -2.17. The van der Waals surface area contributed by atoms with Gasteiger partial charge in [0.25, 0.3) is 0 Å². The first-order valence-corrected chi connectivity index (χ1v) is 21.5. The number of benzene rings is 8. The van der Waals surface area contributed by atoms with E-state index in [9.17, 15) is 13.2 Å². The average molecular weight is 863 g/mol. The van der Waals surface area contributed by atoms with E-state index in [1.54, 1.807) is 13.0 Å². The van der Waals surface area contributed by atoms with Gasteiger partial charge in [-0.3, -0.25) is 0 Å². The largest absolute Gasteiger partial charge is 0.416 e. The molecule has 0 saturated heterocycles. The highest BCUT2D eigenvalue weighted by Crippen LogP contribution is 2.41. The normalized spacial score (nSPS) is 11.6. The summed E-state index contributed by atoms with van der Waals surface area (Å²) in [6.45, 7) is 1.69. The van der Waals surface area contributed by atoms with Crippen molar-refractivity contribution >= 4 is 21.8 Å². The molecule has 0 N–H and O–H groups in total. The molecule has 316 valence electrons. The standard InChI is InChI=1S/C57H37F3N6/c1-36-30-43(32-44(31-36)57(58,59)60)41-26-28-51-46(33-41)45-24-14-15-25-50(45)66(51)52-29-27-42(55-61-48(37-16-6-2-7-17-37)35-49(62-55)38-18-8-3-9-19-38)34-47(52)56-64-53(39-20-10-4-11-21-39)63-54(65-56)40-22-12-5-13-23-40/h2-35H,1H3. The predicted molar refractivity (Wildman–Crippen MR) is 258 cm³/mol. The van der Waals surface area contributed by atoms with Gasteiger partial charge < -0.3 is 4.57 Å². The monoisotopic (exact) mass is 862 g/mol. The van der Waals surface area contributed by atoms with Crippen LogP contribution in [0.5, 0.6) is 0 Å². The van der Waals surface area contributed by atoms with Crippen molar-refractivity contribution < 1.29 is 13.2 Å². The van der Waals surface area contributed by atoms with Crippen LogP contribution in [0.4, 0.5) is 13.2 Å². The van der Waals surface area contributed by atoms with Crippen molar-refractivity contribution in [3.63, 3.8) is 0 Å². The van der Waals surface area contributed by atoms with Crippen molar-refractivity contribution in [3.8, 4) is 84.9 Å². The smallest absolute Gasteiger partial charge is 0.309 e. The summed E-state index contributed by atoms with van der Waals surface area (Å²) in [5.74, 6) is 1.97. The maximum atomic E-state index is 14.0. The Morgan fingerprint density at radius 2 is 0.864 bits per heavy atom. The van der Waals surface area contributed by atoms with Crippen molar-refractivity contribution in [2.24, 2.45) is 0 Å². The molecule has 0 radical (unpaired) electrons. The van der Waals surface area contributed by atoms with Crippen LogP contribution in [0.25, 0.3) is 107 Å². The molecule has 3 aromatic heterocycles. The third kappa shape index (κ3) is 7.66. The van der Waals surface area contributed by atoms with Gasteiger partial charge in [0, 0.05) is 44.2 Å². The Morgan fingerprint density at radius 1 is 0.364 bits per heavy atom. The van der Waals surface area contributed by atoms with E-state index < -0.39 is 11.7 Å². The van der Waals surface area contributed by atoms with E-state index in [-0.39, 0.29) is 0 Å². The van der Waals surface area contributed by atoms with Crippen molar-refractivity contribution in [1.82, 2.24) is 29.5 Å². The van der Waals surface area contributed by atoms with Crippen LogP contribution in [0, 0.1) is 6.92 Å². The van der Waals surface area contributed by atoms with Crippen molar-refractivity contribution in [2.45, 2.75) is 13.1 Å². The van der Waals surface area contributed by atoms with E-state index >= 15 is 0 Å². The average Bonchev–Trinajstić information content (AvgIpc) is 3.70. The molecule has 0 unspecified atom stereocenters. The van der Waals surface area contributed by atoms with Crippen LogP contribution in [0.15, 0.2) is 206 Å². The topological polar surface area (TPSA) is 69.4 Å². The number of nitrogens with zero attached hydrogens (tertiary/aromatic N) is 6. The fraction of sp³-hybridized carbons (Fsp3) is 0.0351. The number of alkyl halides is 3. The molecule has 0 aliphatic rings. The first kappa shape index (κ1) is 40.2. The first-order valence-electron chi connectivity index (χ1n) is 21.5. The maximum Gasteiger partial charge on any atom is 0.416 e. The molecule has 0 atom stereocenters. The van der Waals surface area contributed by atoms with Crippen LogP contribution in [0.3, 0.4) is 0 Å². The Balaban J connectivity index is 1.18. The quantitative estimate of drug-likeness (QED) is 0.152. The third-order valence-corrected chi connectivity index (χ3v) is 11.7. The number of aryl methyl sites for hydroxylation is 1. The lowest BCUT2D eigenvalue weighted by molar-refractivity contribution is -0.137. The minimum atomic E-state index is -4.48. The summed E-state index contributed by atoms with van der Waals surface area (Å²) in [4.78, 5) is 25.8. The zero-order chi connectivity index (χ0) is 44.8. The molecule has 0 spiro atoms. The maximum absolute atomic E-state index is 14.0. The van der Waals surface area contributed by atoms with Crippen molar-refractivity contribution in [3.05, 3.63) is 217 Å². The molecule has 8 aromatic carbocycles. The summed E-state index contributed by atoms with van der Waals surface area (Å²) < 4.78 is 44.3. The van der Waals surface area contributed by atoms with Gasteiger partial charge >= 0.3 is 6.18 Å². The van der Waals surface area contributed by atoms with Gasteiger partial charge in [-0.1, -0.05) is 152 Å². The van der Waals surface area contributed by atoms with Crippen LogP contribution < -0.4 is 0 Å². The van der Waals surface area contributed by atoms with Crippen LogP contribution in [-0.2, 0) is 6.18 Å². The molecule has 3 heterocycles. The van der Waals surface area contributed by atoms with Gasteiger partial charge in [0.05, 0.1) is 33.7 Å². The number of aromatic nitrogens is 6. The number of halogens is 3. The molecule has 0 amide bonds. The number of para-hydroxylation sites is 1. The molecule has 9 heteroatoms. The van der Waals surface area contributed by atoms with Crippen molar-refractivity contribution in [1.29, 1.82) is 0 Å². The minimum absolute atomic E-state index is 0.434. The fourth-order valence-corrected chi connectivity index (χ4v) is 8.59. The van der Waals surface area contributed by atoms with Gasteiger partial charge in [-0.25, -0.2) is 24.9 Å². The van der Waals surface area contributed by atoms with E-state index in [4.69, 9.17) is 24.9 Å². The van der Waals surface area contributed by atoms with Gasteiger partial charge in [0.1, 0.15) is 0 Å². The number of fused-ring (bicyclic) bond motifs is 3. The van der Waals surface area contributed by atoms with Crippen LogP contribution >= 0.6 is 0 Å². The fourth-order valence-electron chi connectivity index (χ4n) is 8.59. The SMILES string of the molecule is Cc1cc(-c2ccc3c(c2)c2ccccc2n3-c2ccc(-c3nc(-c4ccccc4)cc(-c4ccccc4)n3)cc2-c2nc(-c3ccccc3)nc(-c3ccccc3)n2)cc(C(F)(F)F)c1. The van der Waals surface area contributed by atoms with E-state index in [1.165, 1.54) is 12.1 Å². The van der Waals surface area contributed by atoms with E-state index in [2.05, 4.69) is 16.7 Å². The Kier molecular flexibility index (Phi) is 10.1. The summed E-state index contributed by atoms with van der Waals surface area (Å²) in [5, 5.41) is 1.82. The number of rotatable bonds is 8. The predicted octanol–water partition coefficient (Wildman–Crippen LogP) is 14.8. The lowest BCUT2D eigenvalue weighted by Crippen LogP contribution is -2.05. The Labute approximate surface area is 378 Å². The van der Waals surface area contributed by atoms with Gasteiger partial charge in [-0.05, 0) is 78.2 Å². The molecule has 0 saturated carbocycles. The second-order valence-electron chi connectivity index (χ2n) is 16.1. The van der Waals surface area contributed by atoms with Crippen molar-refractivity contribution in [2.75, 3.05) is 0 Å². The molecule has 11 aromatic rings. The Morgan fingerprint density at radius 3 is 1.45 bits per heavy atom. The summed E-state index contributed by atoms with van der Waals surface area (Å²) in [6, 6.07) is 66.0. The van der Waals surface area contributed by atoms with E-state index in [0.29, 0.717) is 45.6 Å². The number of hydrogen-bond acceptors (Lipinski definition) is 5. The lowest BCUT2D eigenvalue weighted by atomic mass is 9.98. The highest BCUT2D eigenvalue weighted by atomic mass is 19.4. The zero-order valence-corrected chi connectivity index (χ0v) is 35.4. The second-order valence-corrected chi connectivity index (χ2v) is 16.1. The van der Waals surface area contributed by atoms with Crippen LogP contribution in [0.2, 0.25) is 0 Å². The molecule has 0 aliphatic heterocycles.